The van der Waals surface area contributed by atoms with Crippen LogP contribution in [0.4, 0.5) is 0 Å². The van der Waals surface area contributed by atoms with Crippen molar-refractivity contribution < 1.29 is 0 Å². The van der Waals surface area contributed by atoms with Gasteiger partial charge in [-0.3, -0.25) is 4.98 Å². The molecule has 0 aliphatic heterocycles. The molecule has 2 heteroatoms. The lowest BCUT2D eigenvalue weighted by Gasteiger charge is -2.13. The third-order valence-electron chi connectivity index (χ3n) is 6.12. The summed E-state index contributed by atoms with van der Waals surface area (Å²) >= 11 is 1.87. The van der Waals surface area contributed by atoms with Gasteiger partial charge >= 0.3 is 0 Å². The van der Waals surface area contributed by atoms with E-state index in [4.69, 9.17) is 4.98 Å². The van der Waals surface area contributed by atoms with Gasteiger partial charge in [0.05, 0.1) is 5.69 Å². The van der Waals surface area contributed by atoms with Crippen molar-refractivity contribution in [3.63, 3.8) is 0 Å². The Morgan fingerprint density at radius 2 is 1.60 bits per heavy atom. The lowest BCUT2D eigenvalue weighted by molar-refractivity contribution is 0.641. The topological polar surface area (TPSA) is 12.9 Å². The van der Waals surface area contributed by atoms with E-state index in [1.807, 2.05) is 17.5 Å². The predicted molar refractivity (Wildman–Crippen MR) is 131 cm³/mol. The van der Waals surface area contributed by atoms with Crippen LogP contribution in [0.25, 0.3) is 42.6 Å². The van der Waals surface area contributed by atoms with Gasteiger partial charge in [-0.05, 0) is 59.7 Å². The zero-order chi connectivity index (χ0) is 20.5. The third-order valence-corrected chi connectivity index (χ3v) is 7.34. The molecule has 0 bridgehead atoms. The van der Waals surface area contributed by atoms with Crippen LogP contribution in [0.5, 0.6) is 0 Å². The summed E-state index contributed by atoms with van der Waals surface area (Å²) in [7, 11) is 0. The normalized spacial score (nSPS) is 11.6. The smallest absolute Gasteiger partial charge is 0.0719 e. The fourth-order valence-corrected chi connectivity index (χ4v) is 5.62. The van der Waals surface area contributed by atoms with Crippen LogP contribution in [0.2, 0.25) is 0 Å². The standard InChI is InChI=1S/C28H25NS/c1-3-19(4-2)22-15-16-29-26(18-22)24-12-8-11-23-25-17-21(20-9-6-5-7-10-20)13-14-27(25)30-28(23)24/h5-19H,3-4H2,1-2H3. The molecule has 0 aliphatic carbocycles. The van der Waals surface area contributed by atoms with Crippen LogP contribution in [0, 0.1) is 0 Å². The van der Waals surface area contributed by atoms with Crippen molar-refractivity contribution in [1.82, 2.24) is 4.98 Å². The molecular formula is C28H25NS. The number of benzene rings is 3. The molecule has 0 saturated carbocycles. The molecule has 0 fully saturated rings. The summed E-state index contributed by atoms with van der Waals surface area (Å²) in [5.74, 6) is 0.599. The minimum atomic E-state index is 0.599. The molecule has 2 aromatic heterocycles. The number of pyridine rings is 1. The van der Waals surface area contributed by atoms with Gasteiger partial charge in [0.15, 0.2) is 0 Å². The zero-order valence-corrected chi connectivity index (χ0v) is 18.2. The summed E-state index contributed by atoms with van der Waals surface area (Å²) in [6, 6.07) is 28.6. The molecule has 5 aromatic rings. The molecule has 0 atom stereocenters. The van der Waals surface area contributed by atoms with Crippen molar-refractivity contribution in [2.45, 2.75) is 32.6 Å². The van der Waals surface area contributed by atoms with Gasteiger partial charge in [-0.15, -0.1) is 11.3 Å². The Balaban J connectivity index is 1.67. The SMILES string of the molecule is CCC(CC)c1ccnc(-c2cccc3c2sc2ccc(-c4ccccc4)cc23)c1. The first-order valence-electron chi connectivity index (χ1n) is 10.8. The highest BCUT2D eigenvalue weighted by atomic mass is 32.1. The molecule has 1 nitrogen and oxygen atoms in total. The molecule has 148 valence electrons. The fraction of sp³-hybridized carbons (Fsp3) is 0.179. The lowest BCUT2D eigenvalue weighted by atomic mass is 9.93. The Morgan fingerprint density at radius 1 is 0.767 bits per heavy atom. The summed E-state index contributed by atoms with van der Waals surface area (Å²) < 4.78 is 2.65. The molecule has 30 heavy (non-hydrogen) atoms. The molecule has 0 N–H and O–H groups in total. The van der Waals surface area contributed by atoms with E-state index in [0.717, 1.165) is 18.5 Å². The van der Waals surface area contributed by atoms with E-state index in [9.17, 15) is 0 Å². The largest absolute Gasteiger partial charge is 0.256 e. The lowest BCUT2D eigenvalue weighted by Crippen LogP contribution is -1.96. The van der Waals surface area contributed by atoms with Crippen LogP contribution in [0.3, 0.4) is 0 Å². The van der Waals surface area contributed by atoms with Gasteiger partial charge in [0, 0.05) is 31.9 Å². The highest BCUT2D eigenvalue weighted by molar-refractivity contribution is 7.26. The highest BCUT2D eigenvalue weighted by Gasteiger charge is 2.14. The van der Waals surface area contributed by atoms with Crippen molar-refractivity contribution >= 4 is 31.5 Å². The quantitative estimate of drug-likeness (QED) is 0.284. The van der Waals surface area contributed by atoms with Crippen LogP contribution >= 0.6 is 11.3 Å². The van der Waals surface area contributed by atoms with E-state index in [0.29, 0.717) is 5.92 Å². The maximum atomic E-state index is 4.75. The second-order valence-electron chi connectivity index (χ2n) is 7.85. The van der Waals surface area contributed by atoms with Crippen molar-refractivity contribution in [3.8, 4) is 22.4 Å². The van der Waals surface area contributed by atoms with Gasteiger partial charge in [-0.2, -0.15) is 0 Å². The Kier molecular flexibility index (Phi) is 5.10. The second-order valence-corrected chi connectivity index (χ2v) is 8.90. The van der Waals surface area contributed by atoms with E-state index in [2.05, 4.69) is 92.7 Å². The highest BCUT2D eigenvalue weighted by Crippen LogP contribution is 2.41. The van der Waals surface area contributed by atoms with Crippen molar-refractivity contribution in [3.05, 3.63) is 90.6 Å². The molecular weight excluding hydrogens is 382 g/mol. The first-order chi connectivity index (χ1) is 14.8. The Bertz CT molecular complexity index is 1310. The Morgan fingerprint density at radius 3 is 2.40 bits per heavy atom. The van der Waals surface area contributed by atoms with Gasteiger partial charge in [0.1, 0.15) is 0 Å². The third kappa shape index (κ3) is 3.32. The number of fused-ring (bicyclic) bond motifs is 3. The zero-order valence-electron chi connectivity index (χ0n) is 17.4. The average Bonchev–Trinajstić information content (AvgIpc) is 3.19. The average molecular weight is 408 g/mol. The maximum Gasteiger partial charge on any atom is 0.0719 e. The molecule has 2 heterocycles. The second kappa shape index (κ2) is 8.04. The first-order valence-corrected chi connectivity index (χ1v) is 11.6. The van der Waals surface area contributed by atoms with E-state index >= 15 is 0 Å². The monoisotopic (exact) mass is 407 g/mol. The summed E-state index contributed by atoms with van der Waals surface area (Å²) in [4.78, 5) is 4.75. The van der Waals surface area contributed by atoms with Gasteiger partial charge < -0.3 is 0 Å². The van der Waals surface area contributed by atoms with Crippen LogP contribution in [-0.4, -0.2) is 4.98 Å². The van der Waals surface area contributed by atoms with E-state index in [1.165, 1.54) is 42.4 Å². The summed E-state index contributed by atoms with van der Waals surface area (Å²) in [5.41, 5.74) is 6.24. The number of hydrogen-bond acceptors (Lipinski definition) is 2. The van der Waals surface area contributed by atoms with Gasteiger partial charge in [0.25, 0.3) is 0 Å². The van der Waals surface area contributed by atoms with Crippen molar-refractivity contribution in [1.29, 1.82) is 0 Å². The number of rotatable bonds is 5. The summed E-state index contributed by atoms with van der Waals surface area (Å²) in [6.45, 7) is 4.54. The van der Waals surface area contributed by atoms with Crippen molar-refractivity contribution in [2.24, 2.45) is 0 Å². The van der Waals surface area contributed by atoms with Crippen LogP contribution in [0.15, 0.2) is 85.1 Å². The number of aromatic nitrogens is 1. The molecule has 0 saturated heterocycles. The predicted octanol–water partition coefficient (Wildman–Crippen LogP) is 8.69. The molecule has 0 aliphatic rings. The summed E-state index contributed by atoms with van der Waals surface area (Å²) in [6.07, 6.45) is 4.30. The van der Waals surface area contributed by atoms with E-state index in [-0.39, 0.29) is 0 Å². The number of hydrogen-bond donors (Lipinski definition) is 0. The molecule has 0 spiro atoms. The van der Waals surface area contributed by atoms with Crippen LogP contribution in [-0.2, 0) is 0 Å². The van der Waals surface area contributed by atoms with E-state index in [1.54, 1.807) is 0 Å². The minimum absolute atomic E-state index is 0.599. The summed E-state index contributed by atoms with van der Waals surface area (Å²) in [5, 5.41) is 2.65. The molecule has 0 unspecified atom stereocenters. The molecule has 5 rings (SSSR count). The van der Waals surface area contributed by atoms with Crippen LogP contribution in [0.1, 0.15) is 38.2 Å². The Labute approximate surface area is 182 Å². The molecule has 0 radical (unpaired) electrons. The van der Waals surface area contributed by atoms with E-state index < -0.39 is 0 Å². The minimum Gasteiger partial charge on any atom is -0.256 e. The number of thiophene rings is 1. The molecule has 3 aromatic carbocycles. The molecule has 0 amide bonds. The van der Waals surface area contributed by atoms with Gasteiger partial charge in [0.2, 0.25) is 0 Å². The number of nitrogens with zero attached hydrogens (tertiary/aromatic N) is 1. The van der Waals surface area contributed by atoms with Gasteiger partial charge in [-0.25, -0.2) is 0 Å². The first kappa shape index (κ1) is 19.0. The van der Waals surface area contributed by atoms with Crippen molar-refractivity contribution in [2.75, 3.05) is 0 Å². The maximum absolute atomic E-state index is 4.75. The fourth-order valence-electron chi connectivity index (χ4n) is 4.42. The van der Waals surface area contributed by atoms with Gasteiger partial charge in [-0.1, -0.05) is 68.4 Å². The van der Waals surface area contributed by atoms with Crippen LogP contribution < -0.4 is 0 Å². The Hall–Kier alpha value is -2.97.